The average molecular weight is 355 g/mol. The first-order chi connectivity index (χ1) is 11.8. The highest BCUT2D eigenvalue weighted by Gasteiger charge is 2.40. The largest absolute Gasteiger partial charge is 0.417 e. The number of piperazine rings is 1. The van der Waals surface area contributed by atoms with E-state index in [0.717, 1.165) is 19.2 Å². The predicted octanol–water partition coefficient (Wildman–Crippen LogP) is 1.69. The smallest absolute Gasteiger partial charge is 0.340 e. The Hall–Kier alpha value is -2.09. The number of carbonyl (C=O) groups excluding carboxylic acids is 2. The highest BCUT2D eigenvalue weighted by molar-refractivity contribution is 5.96. The van der Waals surface area contributed by atoms with Crippen molar-refractivity contribution in [3.05, 3.63) is 35.4 Å². The van der Waals surface area contributed by atoms with Gasteiger partial charge >= 0.3 is 6.18 Å². The number of nitrogens with zero attached hydrogens (tertiary/aromatic N) is 3. The van der Waals surface area contributed by atoms with E-state index in [9.17, 15) is 22.8 Å². The maximum absolute atomic E-state index is 13.1. The number of alkyl halides is 3. The van der Waals surface area contributed by atoms with Crippen molar-refractivity contribution in [3.8, 4) is 0 Å². The first-order valence-electron chi connectivity index (χ1n) is 8.22. The van der Waals surface area contributed by atoms with Crippen molar-refractivity contribution in [1.29, 1.82) is 0 Å². The topological polar surface area (TPSA) is 43.9 Å². The van der Waals surface area contributed by atoms with E-state index in [1.54, 1.807) is 4.90 Å². The van der Waals surface area contributed by atoms with Gasteiger partial charge in [-0.05, 0) is 12.1 Å². The summed E-state index contributed by atoms with van der Waals surface area (Å²) in [5.41, 5.74) is -1.19. The van der Waals surface area contributed by atoms with Gasteiger partial charge in [-0.2, -0.15) is 13.2 Å². The van der Waals surface area contributed by atoms with Crippen LogP contribution in [0.3, 0.4) is 0 Å². The SMILES string of the molecule is CC(=O)N1CCN(C2CN(C(=O)c3ccccc3C(F)(F)F)C2)CC1. The van der Waals surface area contributed by atoms with Gasteiger partial charge in [0.1, 0.15) is 0 Å². The van der Waals surface area contributed by atoms with Gasteiger partial charge in [-0.15, -0.1) is 0 Å². The molecular formula is C17H20F3N3O2. The van der Waals surface area contributed by atoms with Crippen molar-refractivity contribution in [2.45, 2.75) is 19.1 Å². The predicted molar refractivity (Wildman–Crippen MR) is 85.0 cm³/mol. The van der Waals surface area contributed by atoms with Gasteiger partial charge < -0.3 is 9.80 Å². The molecule has 0 atom stereocenters. The molecule has 0 aromatic heterocycles. The molecule has 0 radical (unpaired) electrons. The first kappa shape index (κ1) is 17.7. The lowest BCUT2D eigenvalue weighted by atomic mass is 10.0. The zero-order chi connectivity index (χ0) is 18.2. The van der Waals surface area contributed by atoms with E-state index in [0.29, 0.717) is 26.2 Å². The van der Waals surface area contributed by atoms with E-state index in [2.05, 4.69) is 4.90 Å². The third kappa shape index (κ3) is 3.63. The minimum atomic E-state index is -4.54. The van der Waals surface area contributed by atoms with Crippen LogP contribution in [0.2, 0.25) is 0 Å². The van der Waals surface area contributed by atoms with E-state index in [4.69, 9.17) is 0 Å². The Morgan fingerprint density at radius 3 is 2.16 bits per heavy atom. The third-order valence-electron chi connectivity index (χ3n) is 4.89. The second kappa shape index (κ2) is 6.67. The standard InChI is InChI=1S/C17H20F3N3O2/c1-12(24)21-6-8-22(9-7-21)13-10-23(11-13)16(25)14-4-2-3-5-15(14)17(18,19)20/h2-5,13H,6-11H2,1H3. The van der Waals surface area contributed by atoms with Crippen LogP contribution in [0.25, 0.3) is 0 Å². The number of carbonyl (C=O) groups is 2. The molecule has 8 heteroatoms. The minimum Gasteiger partial charge on any atom is -0.340 e. The Kier molecular flexibility index (Phi) is 4.73. The van der Waals surface area contributed by atoms with Crippen LogP contribution in [0.1, 0.15) is 22.8 Å². The Balaban J connectivity index is 1.59. The van der Waals surface area contributed by atoms with E-state index in [1.165, 1.54) is 30.0 Å². The molecule has 2 aliphatic rings. The molecule has 5 nitrogen and oxygen atoms in total. The molecule has 3 rings (SSSR count). The van der Waals surface area contributed by atoms with E-state index >= 15 is 0 Å². The summed E-state index contributed by atoms with van der Waals surface area (Å²) < 4.78 is 39.2. The van der Waals surface area contributed by atoms with Crippen LogP contribution in [0, 0.1) is 0 Å². The second-order valence-electron chi connectivity index (χ2n) is 6.45. The number of halogens is 3. The van der Waals surface area contributed by atoms with Crippen molar-refractivity contribution in [3.63, 3.8) is 0 Å². The molecule has 1 aromatic rings. The van der Waals surface area contributed by atoms with Crippen LogP contribution in [-0.2, 0) is 11.0 Å². The van der Waals surface area contributed by atoms with Crippen molar-refractivity contribution in [2.75, 3.05) is 39.3 Å². The number of rotatable bonds is 2. The van der Waals surface area contributed by atoms with Gasteiger partial charge in [0.15, 0.2) is 0 Å². The lowest BCUT2D eigenvalue weighted by Crippen LogP contribution is -2.64. The summed E-state index contributed by atoms with van der Waals surface area (Å²) in [4.78, 5) is 29.2. The summed E-state index contributed by atoms with van der Waals surface area (Å²) in [5.74, 6) is -0.527. The summed E-state index contributed by atoms with van der Waals surface area (Å²) in [7, 11) is 0. The lowest BCUT2D eigenvalue weighted by Gasteiger charge is -2.48. The van der Waals surface area contributed by atoms with Crippen molar-refractivity contribution in [1.82, 2.24) is 14.7 Å². The molecule has 0 aliphatic carbocycles. The van der Waals surface area contributed by atoms with Crippen LogP contribution in [0.4, 0.5) is 13.2 Å². The summed E-state index contributed by atoms with van der Waals surface area (Å²) in [5, 5.41) is 0. The van der Waals surface area contributed by atoms with E-state index in [-0.39, 0.29) is 17.5 Å². The Morgan fingerprint density at radius 2 is 1.60 bits per heavy atom. The molecule has 2 amide bonds. The number of benzene rings is 1. The molecule has 2 fully saturated rings. The van der Waals surface area contributed by atoms with Crippen LogP contribution in [-0.4, -0.2) is 71.8 Å². The van der Waals surface area contributed by atoms with Crippen LogP contribution < -0.4 is 0 Å². The Labute approximate surface area is 144 Å². The van der Waals surface area contributed by atoms with Crippen molar-refractivity contribution in [2.24, 2.45) is 0 Å². The zero-order valence-corrected chi connectivity index (χ0v) is 13.9. The summed E-state index contributed by atoms with van der Waals surface area (Å²) in [6, 6.07) is 5.04. The van der Waals surface area contributed by atoms with Gasteiger partial charge in [-0.1, -0.05) is 12.1 Å². The number of hydrogen-bond donors (Lipinski definition) is 0. The fourth-order valence-electron chi connectivity index (χ4n) is 3.34. The van der Waals surface area contributed by atoms with Crippen molar-refractivity contribution < 1.29 is 22.8 Å². The monoisotopic (exact) mass is 355 g/mol. The molecule has 1 aromatic carbocycles. The van der Waals surface area contributed by atoms with Crippen LogP contribution >= 0.6 is 0 Å². The second-order valence-corrected chi connectivity index (χ2v) is 6.45. The molecule has 2 saturated heterocycles. The molecular weight excluding hydrogens is 335 g/mol. The lowest BCUT2D eigenvalue weighted by molar-refractivity contribution is -0.138. The first-order valence-corrected chi connectivity index (χ1v) is 8.22. The maximum atomic E-state index is 13.1. The third-order valence-corrected chi connectivity index (χ3v) is 4.89. The van der Waals surface area contributed by atoms with Gasteiger partial charge in [-0.25, -0.2) is 0 Å². The fraction of sp³-hybridized carbons (Fsp3) is 0.529. The van der Waals surface area contributed by atoms with Crippen LogP contribution in [0.15, 0.2) is 24.3 Å². The average Bonchev–Trinajstić information content (AvgIpc) is 2.53. The van der Waals surface area contributed by atoms with E-state index < -0.39 is 17.6 Å². The normalized spacial score (nSPS) is 19.7. The quantitative estimate of drug-likeness (QED) is 0.811. The zero-order valence-electron chi connectivity index (χ0n) is 13.9. The van der Waals surface area contributed by atoms with Gasteiger partial charge in [0.25, 0.3) is 5.91 Å². The van der Waals surface area contributed by atoms with Gasteiger partial charge in [0, 0.05) is 52.2 Å². The molecule has 136 valence electrons. The molecule has 25 heavy (non-hydrogen) atoms. The molecule has 0 bridgehead atoms. The number of likely N-dealkylation sites (tertiary alicyclic amines) is 1. The molecule has 0 saturated carbocycles. The number of amides is 2. The summed E-state index contributed by atoms with van der Waals surface area (Å²) in [6.45, 7) is 5.14. The highest BCUT2D eigenvalue weighted by atomic mass is 19.4. The highest BCUT2D eigenvalue weighted by Crippen LogP contribution is 2.33. The molecule has 2 heterocycles. The molecule has 0 spiro atoms. The fourth-order valence-corrected chi connectivity index (χ4v) is 3.34. The summed E-state index contributed by atoms with van der Waals surface area (Å²) >= 11 is 0. The Bertz CT molecular complexity index is 663. The molecule has 0 unspecified atom stereocenters. The maximum Gasteiger partial charge on any atom is 0.417 e. The van der Waals surface area contributed by atoms with Crippen molar-refractivity contribution >= 4 is 11.8 Å². The van der Waals surface area contributed by atoms with Gasteiger partial charge in [0.05, 0.1) is 11.1 Å². The van der Waals surface area contributed by atoms with Gasteiger partial charge in [-0.3, -0.25) is 14.5 Å². The summed E-state index contributed by atoms with van der Waals surface area (Å²) in [6.07, 6.45) is -4.54. The van der Waals surface area contributed by atoms with E-state index in [1.807, 2.05) is 0 Å². The Morgan fingerprint density at radius 1 is 1.00 bits per heavy atom. The van der Waals surface area contributed by atoms with Gasteiger partial charge in [0.2, 0.25) is 5.91 Å². The number of hydrogen-bond acceptors (Lipinski definition) is 3. The molecule has 2 aliphatic heterocycles. The molecule has 0 N–H and O–H groups in total. The minimum absolute atomic E-state index is 0.0498. The van der Waals surface area contributed by atoms with Crippen LogP contribution in [0.5, 0.6) is 0 Å².